The van der Waals surface area contributed by atoms with E-state index in [4.69, 9.17) is 12.2 Å². The Morgan fingerprint density at radius 3 is 2.78 bits per heavy atom. The summed E-state index contributed by atoms with van der Waals surface area (Å²) >= 11 is 9.66. The predicted octanol–water partition coefficient (Wildman–Crippen LogP) is 4.30. The summed E-state index contributed by atoms with van der Waals surface area (Å²) in [6.45, 7) is 0. The monoisotopic (exact) mass is 463 g/mol. The van der Waals surface area contributed by atoms with Crippen molar-refractivity contribution in [2.24, 2.45) is 5.10 Å². The summed E-state index contributed by atoms with van der Waals surface area (Å²) in [6, 6.07) is 11.0. The van der Waals surface area contributed by atoms with Crippen LogP contribution in [0.5, 0.6) is 5.75 Å². The van der Waals surface area contributed by atoms with Crippen molar-refractivity contribution in [1.82, 2.24) is 5.01 Å². The predicted molar refractivity (Wildman–Crippen MR) is 112 cm³/mol. The Bertz CT molecular complexity index is 1020. The average Bonchev–Trinajstić information content (AvgIpc) is 2.87. The molecule has 0 saturated carbocycles. The number of nitro groups is 1. The Morgan fingerprint density at radius 1 is 1.30 bits per heavy atom. The number of hydrazone groups is 1. The van der Waals surface area contributed by atoms with Crippen molar-refractivity contribution in [3.05, 3.63) is 73.1 Å². The largest absolute Gasteiger partial charge is 0.507 e. The van der Waals surface area contributed by atoms with Crippen LogP contribution in [-0.2, 0) is 4.79 Å². The van der Waals surface area contributed by atoms with E-state index in [1.807, 2.05) is 24.3 Å². The first-order valence-electron chi connectivity index (χ1n) is 7.40. The van der Waals surface area contributed by atoms with Crippen molar-refractivity contribution in [1.29, 1.82) is 0 Å². The fraction of sp³-hybridized carbons (Fsp3) is 0. The van der Waals surface area contributed by atoms with E-state index in [1.165, 1.54) is 12.1 Å². The highest BCUT2D eigenvalue weighted by Gasteiger charge is 2.32. The number of hydrogen-bond donors (Lipinski definition) is 1. The molecule has 1 aliphatic heterocycles. The molecule has 7 nitrogen and oxygen atoms in total. The molecule has 1 N–H and O–H groups in total. The van der Waals surface area contributed by atoms with Crippen LogP contribution in [0, 0.1) is 10.1 Å². The second-order valence-corrected chi connectivity index (χ2v) is 7.88. The highest BCUT2D eigenvalue weighted by atomic mass is 79.9. The standard InChI is InChI=1S/C17H10BrN3O4S2/c18-12-3-1-2-10(6-12)7-15-16(23)20(17(26)27-15)19-9-11-8-13(21(24)25)4-5-14(11)22/h1-9,22H. The molecule has 0 unspecified atom stereocenters. The Labute approximate surface area is 171 Å². The van der Waals surface area contributed by atoms with Crippen LogP contribution in [0.4, 0.5) is 5.69 Å². The number of carbonyl (C=O) groups excluding carboxylic acids is 1. The Hall–Kier alpha value is -2.56. The molecule has 1 saturated heterocycles. The van der Waals surface area contributed by atoms with Gasteiger partial charge in [-0.2, -0.15) is 10.1 Å². The van der Waals surface area contributed by atoms with E-state index in [2.05, 4.69) is 21.0 Å². The molecule has 0 aromatic heterocycles. The minimum atomic E-state index is -0.586. The van der Waals surface area contributed by atoms with E-state index in [9.17, 15) is 20.0 Å². The molecule has 1 heterocycles. The molecular formula is C17H10BrN3O4S2. The van der Waals surface area contributed by atoms with Crippen LogP contribution in [0.1, 0.15) is 11.1 Å². The van der Waals surface area contributed by atoms with Crippen LogP contribution in [0.2, 0.25) is 0 Å². The maximum absolute atomic E-state index is 12.5. The molecular weight excluding hydrogens is 454 g/mol. The molecule has 2 aromatic carbocycles. The van der Waals surface area contributed by atoms with Crippen molar-refractivity contribution in [2.75, 3.05) is 0 Å². The lowest BCUT2D eigenvalue weighted by Gasteiger charge is -2.06. The van der Waals surface area contributed by atoms with Gasteiger partial charge in [-0.15, -0.1) is 0 Å². The van der Waals surface area contributed by atoms with E-state index in [-0.39, 0.29) is 21.3 Å². The van der Waals surface area contributed by atoms with Crippen molar-refractivity contribution >= 4 is 68.1 Å². The molecule has 10 heteroatoms. The first-order valence-corrected chi connectivity index (χ1v) is 9.42. The van der Waals surface area contributed by atoms with Crippen LogP contribution in [0.3, 0.4) is 0 Å². The third kappa shape index (κ3) is 4.41. The molecule has 1 fully saturated rings. The SMILES string of the molecule is O=C1C(=Cc2cccc(Br)c2)SC(=S)N1N=Cc1cc([N+](=O)[O-])ccc1O. The molecule has 0 spiro atoms. The van der Waals surface area contributed by atoms with E-state index < -0.39 is 10.8 Å². The normalized spacial score (nSPS) is 15.9. The Kier molecular flexibility index (Phi) is 5.68. The van der Waals surface area contributed by atoms with E-state index in [1.54, 1.807) is 6.08 Å². The fourth-order valence-corrected chi connectivity index (χ4v) is 3.78. The van der Waals surface area contributed by atoms with Gasteiger partial charge < -0.3 is 5.11 Å². The summed E-state index contributed by atoms with van der Waals surface area (Å²) < 4.78 is 1.10. The van der Waals surface area contributed by atoms with Crippen LogP contribution < -0.4 is 0 Å². The molecule has 1 aliphatic rings. The maximum atomic E-state index is 12.5. The fourth-order valence-electron chi connectivity index (χ4n) is 2.19. The number of thiocarbonyl (C=S) groups is 1. The molecule has 0 atom stereocenters. The third-order valence-electron chi connectivity index (χ3n) is 3.45. The molecule has 3 rings (SSSR count). The average molecular weight is 464 g/mol. The number of nitrogens with zero attached hydrogens (tertiary/aromatic N) is 3. The molecule has 0 aliphatic carbocycles. The van der Waals surface area contributed by atoms with Gasteiger partial charge in [0.15, 0.2) is 4.32 Å². The van der Waals surface area contributed by atoms with E-state index >= 15 is 0 Å². The zero-order chi connectivity index (χ0) is 19.6. The van der Waals surface area contributed by atoms with Crippen molar-refractivity contribution in [3.8, 4) is 5.75 Å². The minimum Gasteiger partial charge on any atom is -0.507 e. The van der Waals surface area contributed by atoms with Gasteiger partial charge in [-0.3, -0.25) is 14.9 Å². The van der Waals surface area contributed by atoms with Crippen LogP contribution >= 0.6 is 39.9 Å². The summed E-state index contributed by atoms with van der Waals surface area (Å²) in [5, 5.41) is 25.7. The smallest absolute Gasteiger partial charge is 0.286 e. The first kappa shape index (κ1) is 19.2. The number of aromatic hydroxyl groups is 1. The molecule has 1 amide bonds. The van der Waals surface area contributed by atoms with Gasteiger partial charge in [0.1, 0.15) is 5.75 Å². The zero-order valence-corrected chi connectivity index (χ0v) is 16.6. The minimum absolute atomic E-state index is 0.106. The van der Waals surface area contributed by atoms with Crippen molar-refractivity contribution in [3.63, 3.8) is 0 Å². The van der Waals surface area contributed by atoms with Gasteiger partial charge in [0.25, 0.3) is 11.6 Å². The zero-order valence-electron chi connectivity index (χ0n) is 13.4. The van der Waals surface area contributed by atoms with Gasteiger partial charge in [0.2, 0.25) is 0 Å². The number of phenolic OH excluding ortho intramolecular Hbond substituents is 1. The summed E-state index contributed by atoms with van der Waals surface area (Å²) in [5.41, 5.74) is 0.730. The maximum Gasteiger partial charge on any atom is 0.286 e. The molecule has 27 heavy (non-hydrogen) atoms. The van der Waals surface area contributed by atoms with Gasteiger partial charge in [0, 0.05) is 22.2 Å². The molecule has 2 aromatic rings. The molecule has 136 valence electrons. The van der Waals surface area contributed by atoms with Crippen LogP contribution in [0.25, 0.3) is 6.08 Å². The lowest BCUT2D eigenvalue weighted by Crippen LogP contribution is -2.22. The van der Waals surface area contributed by atoms with E-state index in [0.29, 0.717) is 4.91 Å². The van der Waals surface area contributed by atoms with Gasteiger partial charge in [0.05, 0.1) is 16.0 Å². The number of rotatable bonds is 4. The molecule has 0 bridgehead atoms. The number of halogens is 1. The third-order valence-corrected chi connectivity index (χ3v) is 5.23. The Balaban J connectivity index is 1.85. The second-order valence-electron chi connectivity index (χ2n) is 5.29. The number of benzene rings is 2. The first-order chi connectivity index (χ1) is 12.8. The summed E-state index contributed by atoms with van der Waals surface area (Å²) in [7, 11) is 0. The number of carbonyl (C=O) groups is 1. The highest BCUT2D eigenvalue weighted by molar-refractivity contribution is 9.10. The number of hydrogen-bond acceptors (Lipinski definition) is 7. The second kappa shape index (κ2) is 7.99. The molecule has 0 radical (unpaired) electrons. The Morgan fingerprint density at radius 2 is 2.07 bits per heavy atom. The highest BCUT2D eigenvalue weighted by Crippen LogP contribution is 2.33. The number of non-ortho nitro benzene ring substituents is 1. The summed E-state index contributed by atoms with van der Waals surface area (Å²) in [6.07, 6.45) is 2.86. The number of phenols is 1. The van der Waals surface area contributed by atoms with Crippen LogP contribution in [0.15, 0.2) is 56.9 Å². The van der Waals surface area contributed by atoms with Crippen LogP contribution in [-0.4, -0.2) is 31.5 Å². The van der Waals surface area contributed by atoms with Gasteiger partial charge in [-0.1, -0.05) is 39.8 Å². The van der Waals surface area contributed by atoms with Crippen molar-refractivity contribution < 1.29 is 14.8 Å². The van der Waals surface area contributed by atoms with Gasteiger partial charge >= 0.3 is 0 Å². The lowest BCUT2D eigenvalue weighted by molar-refractivity contribution is -0.384. The van der Waals surface area contributed by atoms with E-state index in [0.717, 1.165) is 39.1 Å². The van der Waals surface area contributed by atoms with Crippen molar-refractivity contribution in [2.45, 2.75) is 0 Å². The number of nitro benzene ring substituents is 1. The topological polar surface area (TPSA) is 96.0 Å². The quantitative estimate of drug-likeness (QED) is 0.238. The van der Waals surface area contributed by atoms with Gasteiger partial charge in [-0.25, -0.2) is 0 Å². The number of thioether (sulfide) groups is 1. The lowest BCUT2D eigenvalue weighted by atomic mass is 10.2. The summed E-state index contributed by atoms with van der Waals surface area (Å²) in [4.78, 5) is 23.2. The number of amides is 1. The van der Waals surface area contributed by atoms with Gasteiger partial charge in [-0.05, 0) is 42.1 Å². The summed E-state index contributed by atoms with van der Waals surface area (Å²) in [5.74, 6) is -0.606.